The number of nitrogens with zero attached hydrogens (tertiary/aromatic N) is 3. The molecule has 0 amide bonds. The Morgan fingerprint density at radius 2 is 2.24 bits per heavy atom. The second kappa shape index (κ2) is 5.51. The van der Waals surface area contributed by atoms with Crippen molar-refractivity contribution in [2.45, 2.75) is 6.42 Å². The number of fused-ring (bicyclic) bond motifs is 1. The summed E-state index contributed by atoms with van der Waals surface area (Å²) in [5.74, 6) is 1.04. The van der Waals surface area contributed by atoms with Gasteiger partial charge in [-0.2, -0.15) is 10.2 Å². The molecule has 0 aliphatic heterocycles. The van der Waals surface area contributed by atoms with E-state index in [2.05, 4.69) is 21.0 Å². The highest BCUT2D eigenvalue weighted by Gasteiger charge is 2.07. The van der Waals surface area contributed by atoms with Crippen LogP contribution in [0.5, 0.6) is 17.6 Å². The zero-order valence-electron chi connectivity index (χ0n) is 11.3. The first-order valence-electron chi connectivity index (χ1n) is 6.32. The van der Waals surface area contributed by atoms with Crippen LogP contribution in [0.15, 0.2) is 36.7 Å². The van der Waals surface area contributed by atoms with E-state index in [0.29, 0.717) is 18.1 Å². The van der Waals surface area contributed by atoms with Gasteiger partial charge in [-0.05, 0) is 23.8 Å². The number of methoxy groups -OCH3 is 1. The minimum Gasteiger partial charge on any atom is -0.481 e. The fourth-order valence-corrected chi connectivity index (χ4v) is 2.05. The van der Waals surface area contributed by atoms with E-state index in [-0.39, 0.29) is 6.01 Å². The monoisotopic (exact) mass is 280 g/mol. The van der Waals surface area contributed by atoms with E-state index in [0.717, 1.165) is 16.5 Å². The molecule has 2 heterocycles. The summed E-state index contributed by atoms with van der Waals surface area (Å²) >= 11 is 0. The Balaban J connectivity index is 1.93. The molecule has 104 valence electrons. The van der Waals surface area contributed by atoms with Gasteiger partial charge in [-0.25, -0.2) is 4.98 Å². The topological polar surface area (TPSA) is 83.8 Å². The summed E-state index contributed by atoms with van der Waals surface area (Å²) in [5, 5.41) is 9.79. The molecule has 0 radical (unpaired) electrons. The van der Waals surface area contributed by atoms with Gasteiger partial charge in [-0.3, -0.25) is 0 Å². The average molecular weight is 280 g/mol. The van der Waals surface area contributed by atoms with Gasteiger partial charge in [-0.15, -0.1) is 0 Å². The number of benzene rings is 1. The van der Waals surface area contributed by atoms with E-state index in [1.807, 2.05) is 24.4 Å². The molecule has 0 saturated carbocycles. The van der Waals surface area contributed by atoms with E-state index >= 15 is 0 Å². The smallest absolute Gasteiger partial charge is 0.325 e. The number of ether oxygens (including phenoxy) is 2. The summed E-state index contributed by atoms with van der Waals surface area (Å²) < 4.78 is 10.7. The van der Waals surface area contributed by atoms with Gasteiger partial charge >= 0.3 is 6.01 Å². The highest BCUT2D eigenvalue weighted by Crippen LogP contribution is 2.26. The van der Waals surface area contributed by atoms with E-state index in [9.17, 15) is 0 Å². The Labute approximate surface area is 121 Å². The van der Waals surface area contributed by atoms with Crippen molar-refractivity contribution in [2.24, 2.45) is 0 Å². The van der Waals surface area contributed by atoms with Crippen LogP contribution in [0.2, 0.25) is 0 Å². The first kappa shape index (κ1) is 12.9. The minimum atomic E-state index is 0.214. The number of aromatic amines is 1. The molecule has 0 aliphatic carbocycles. The maximum Gasteiger partial charge on any atom is 0.325 e. The number of hydrogen-bond acceptors (Lipinski definition) is 5. The van der Waals surface area contributed by atoms with Gasteiger partial charge in [0.05, 0.1) is 19.6 Å². The SMILES string of the molecule is COc1ccnc(Oc2ccc3[nH]cc(CC#N)c3c2)n1. The molecule has 6 nitrogen and oxygen atoms in total. The van der Waals surface area contributed by atoms with Crippen LogP contribution in [-0.4, -0.2) is 22.1 Å². The molecular weight excluding hydrogens is 268 g/mol. The second-order valence-electron chi connectivity index (χ2n) is 4.34. The Kier molecular flexibility index (Phi) is 3.39. The number of rotatable bonds is 4. The third kappa shape index (κ3) is 2.62. The largest absolute Gasteiger partial charge is 0.481 e. The van der Waals surface area contributed by atoms with Crippen molar-refractivity contribution in [2.75, 3.05) is 7.11 Å². The lowest BCUT2D eigenvalue weighted by Gasteiger charge is -2.05. The van der Waals surface area contributed by atoms with Gasteiger partial charge in [0, 0.05) is 29.4 Å². The lowest BCUT2D eigenvalue weighted by molar-refractivity contribution is 0.376. The average Bonchev–Trinajstić information content (AvgIpc) is 2.91. The van der Waals surface area contributed by atoms with Crippen LogP contribution in [0, 0.1) is 11.3 Å². The molecule has 0 unspecified atom stereocenters. The maximum absolute atomic E-state index is 8.83. The second-order valence-corrected chi connectivity index (χ2v) is 4.34. The third-order valence-electron chi connectivity index (χ3n) is 3.03. The number of nitrogens with one attached hydrogen (secondary N) is 1. The van der Waals surface area contributed by atoms with E-state index < -0.39 is 0 Å². The molecule has 0 fully saturated rings. The van der Waals surface area contributed by atoms with Gasteiger partial charge < -0.3 is 14.5 Å². The summed E-state index contributed by atoms with van der Waals surface area (Å²) in [6.07, 6.45) is 3.75. The van der Waals surface area contributed by atoms with E-state index in [1.54, 1.807) is 12.3 Å². The molecule has 0 atom stereocenters. The van der Waals surface area contributed by atoms with Crippen LogP contribution in [0.3, 0.4) is 0 Å². The van der Waals surface area contributed by atoms with Crippen LogP contribution in [-0.2, 0) is 6.42 Å². The summed E-state index contributed by atoms with van der Waals surface area (Å²) in [6, 6.07) is 9.58. The summed E-state index contributed by atoms with van der Waals surface area (Å²) in [7, 11) is 1.53. The number of aromatic nitrogens is 3. The van der Waals surface area contributed by atoms with Crippen molar-refractivity contribution >= 4 is 10.9 Å². The molecule has 1 aromatic carbocycles. The van der Waals surface area contributed by atoms with Gasteiger partial charge in [0.2, 0.25) is 5.88 Å². The zero-order valence-corrected chi connectivity index (χ0v) is 11.3. The van der Waals surface area contributed by atoms with Crippen molar-refractivity contribution in [1.82, 2.24) is 15.0 Å². The highest BCUT2D eigenvalue weighted by molar-refractivity contribution is 5.84. The fourth-order valence-electron chi connectivity index (χ4n) is 2.05. The molecule has 21 heavy (non-hydrogen) atoms. The molecule has 0 saturated heterocycles. The van der Waals surface area contributed by atoms with E-state index in [1.165, 1.54) is 7.11 Å². The number of hydrogen-bond donors (Lipinski definition) is 1. The normalized spacial score (nSPS) is 10.3. The lowest BCUT2D eigenvalue weighted by Crippen LogP contribution is -1.94. The summed E-state index contributed by atoms with van der Waals surface area (Å²) in [5.41, 5.74) is 1.89. The Morgan fingerprint density at radius 3 is 3.05 bits per heavy atom. The predicted molar refractivity (Wildman–Crippen MR) is 76.3 cm³/mol. The Bertz CT molecular complexity index is 820. The molecular formula is C15H12N4O2. The molecule has 1 N–H and O–H groups in total. The first-order valence-corrected chi connectivity index (χ1v) is 6.32. The zero-order chi connectivity index (χ0) is 14.7. The predicted octanol–water partition coefficient (Wildman–Crippen LogP) is 2.82. The number of H-pyrrole nitrogens is 1. The van der Waals surface area contributed by atoms with Crippen LogP contribution in [0.1, 0.15) is 5.56 Å². The molecule has 3 aromatic rings. The summed E-state index contributed by atoms with van der Waals surface area (Å²) in [4.78, 5) is 11.3. The molecule has 3 rings (SSSR count). The molecule has 2 aromatic heterocycles. The molecule has 0 bridgehead atoms. The Hall–Kier alpha value is -3.07. The van der Waals surface area contributed by atoms with Crippen LogP contribution in [0.4, 0.5) is 0 Å². The Morgan fingerprint density at radius 1 is 1.33 bits per heavy atom. The van der Waals surface area contributed by atoms with Gasteiger partial charge in [0.15, 0.2) is 0 Å². The lowest BCUT2D eigenvalue weighted by atomic mass is 10.1. The first-order chi connectivity index (χ1) is 10.3. The van der Waals surface area contributed by atoms with Crippen molar-refractivity contribution in [3.05, 3.63) is 42.2 Å². The molecule has 0 spiro atoms. The van der Waals surface area contributed by atoms with Crippen LogP contribution < -0.4 is 9.47 Å². The van der Waals surface area contributed by atoms with E-state index in [4.69, 9.17) is 14.7 Å². The minimum absolute atomic E-state index is 0.214. The van der Waals surface area contributed by atoms with Crippen molar-refractivity contribution in [1.29, 1.82) is 5.26 Å². The molecule has 6 heteroatoms. The van der Waals surface area contributed by atoms with Crippen LogP contribution in [0.25, 0.3) is 10.9 Å². The standard InChI is InChI=1S/C15H12N4O2/c1-20-14-5-7-17-15(19-14)21-11-2-3-13-12(8-11)10(4-6-16)9-18-13/h2-3,5,7-9,18H,4H2,1H3. The van der Waals surface area contributed by atoms with Crippen LogP contribution >= 0.6 is 0 Å². The van der Waals surface area contributed by atoms with Crippen molar-refractivity contribution in [3.8, 4) is 23.7 Å². The van der Waals surface area contributed by atoms with Crippen molar-refractivity contribution in [3.63, 3.8) is 0 Å². The maximum atomic E-state index is 8.83. The highest BCUT2D eigenvalue weighted by atomic mass is 16.5. The number of nitriles is 1. The third-order valence-corrected chi connectivity index (χ3v) is 3.03. The van der Waals surface area contributed by atoms with Gasteiger partial charge in [0.1, 0.15) is 5.75 Å². The summed E-state index contributed by atoms with van der Waals surface area (Å²) in [6.45, 7) is 0. The molecule has 0 aliphatic rings. The van der Waals surface area contributed by atoms with Gasteiger partial charge in [-0.1, -0.05) is 0 Å². The van der Waals surface area contributed by atoms with Crippen molar-refractivity contribution < 1.29 is 9.47 Å². The fraction of sp³-hybridized carbons (Fsp3) is 0.133. The quantitative estimate of drug-likeness (QED) is 0.794. The van der Waals surface area contributed by atoms with Gasteiger partial charge in [0.25, 0.3) is 0 Å².